The zero-order valence-corrected chi connectivity index (χ0v) is 19.2. The van der Waals surface area contributed by atoms with Gasteiger partial charge in [-0.3, -0.25) is 0 Å². The van der Waals surface area contributed by atoms with Crippen molar-refractivity contribution < 1.29 is 14.3 Å². The number of nitrogens with one attached hydrogen (secondary N) is 2. The molecule has 0 aliphatic carbocycles. The number of aromatic nitrogens is 1. The number of carbonyl (C=O) groups excluding carboxylic acids is 1. The fraction of sp³-hybridized carbons (Fsp3) is 0.138. The summed E-state index contributed by atoms with van der Waals surface area (Å²) in [6, 6.07) is 27.9. The molecule has 35 heavy (non-hydrogen) atoms. The van der Waals surface area contributed by atoms with Gasteiger partial charge in [-0.2, -0.15) is 0 Å². The van der Waals surface area contributed by atoms with E-state index in [9.17, 15) is 4.79 Å². The SMILES string of the molecule is O=C(Nc1cccc2ccccc12)N(CCc1c[nH]c2ccccc12)Cc1ccc2c(c1)OCO2. The molecule has 0 saturated heterocycles. The molecule has 1 aliphatic heterocycles. The molecule has 6 heteroatoms. The van der Waals surface area contributed by atoms with E-state index >= 15 is 0 Å². The molecule has 6 rings (SSSR count). The summed E-state index contributed by atoms with van der Waals surface area (Å²) in [7, 11) is 0. The van der Waals surface area contributed by atoms with Crippen molar-refractivity contribution in [3.8, 4) is 11.5 Å². The zero-order chi connectivity index (χ0) is 23.6. The van der Waals surface area contributed by atoms with E-state index in [4.69, 9.17) is 9.47 Å². The lowest BCUT2D eigenvalue weighted by Gasteiger charge is -2.24. The molecule has 1 aliphatic rings. The van der Waals surface area contributed by atoms with Crippen molar-refractivity contribution in [1.82, 2.24) is 9.88 Å². The summed E-state index contributed by atoms with van der Waals surface area (Å²) in [6.45, 7) is 1.24. The van der Waals surface area contributed by atoms with Crippen LogP contribution in [0.4, 0.5) is 10.5 Å². The third-order valence-electron chi connectivity index (χ3n) is 6.45. The second kappa shape index (κ2) is 9.06. The summed E-state index contributed by atoms with van der Waals surface area (Å²) in [6.07, 6.45) is 2.77. The van der Waals surface area contributed by atoms with Crippen molar-refractivity contribution in [1.29, 1.82) is 0 Å². The topological polar surface area (TPSA) is 66.6 Å². The van der Waals surface area contributed by atoms with Crippen LogP contribution in [0.3, 0.4) is 0 Å². The van der Waals surface area contributed by atoms with Crippen molar-refractivity contribution in [2.24, 2.45) is 0 Å². The number of benzene rings is 4. The van der Waals surface area contributed by atoms with Gasteiger partial charge in [0, 0.05) is 35.6 Å². The average molecular weight is 464 g/mol. The van der Waals surface area contributed by atoms with Gasteiger partial charge in [-0.1, -0.05) is 60.7 Å². The Morgan fingerprint density at radius 2 is 1.69 bits per heavy atom. The molecule has 0 atom stereocenters. The fourth-order valence-electron chi connectivity index (χ4n) is 4.63. The fourth-order valence-corrected chi connectivity index (χ4v) is 4.63. The van der Waals surface area contributed by atoms with Gasteiger partial charge in [-0.25, -0.2) is 4.79 Å². The third kappa shape index (κ3) is 4.26. The number of aromatic amines is 1. The van der Waals surface area contributed by atoms with Crippen LogP contribution < -0.4 is 14.8 Å². The number of carbonyl (C=O) groups is 1. The van der Waals surface area contributed by atoms with Gasteiger partial charge in [0.15, 0.2) is 11.5 Å². The number of anilines is 1. The van der Waals surface area contributed by atoms with Gasteiger partial charge < -0.3 is 24.7 Å². The molecule has 5 aromatic rings. The molecule has 174 valence electrons. The monoisotopic (exact) mass is 463 g/mol. The number of ether oxygens (including phenoxy) is 2. The standard InChI is InChI=1S/C29H25N3O3/c33-29(31-26-11-5-7-21-6-1-2-8-23(21)26)32(18-20-12-13-27-28(16-20)35-19-34-27)15-14-22-17-30-25-10-4-3-9-24(22)25/h1-13,16-17,30H,14-15,18-19H2,(H,31,33). The maximum atomic E-state index is 13.6. The van der Waals surface area contributed by atoms with E-state index in [0.717, 1.165) is 39.7 Å². The predicted octanol–water partition coefficient (Wildman–Crippen LogP) is 6.33. The normalized spacial score (nSPS) is 12.2. The summed E-state index contributed by atoms with van der Waals surface area (Å²) in [5.41, 5.74) is 4.08. The van der Waals surface area contributed by atoms with E-state index in [1.54, 1.807) is 0 Å². The molecule has 0 spiro atoms. The summed E-state index contributed by atoms with van der Waals surface area (Å²) >= 11 is 0. The predicted molar refractivity (Wildman–Crippen MR) is 138 cm³/mol. The largest absolute Gasteiger partial charge is 0.454 e. The van der Waals surface area contributed by atoms with E-state index in [-0.39, 0.29) is 12.8 Å². The quantitative estimate of drug-likeness (QED) is 0.309. The summed E-state index contributed by atoms with van der Waals surface area (Å²) in [4.78, 5) is 18.7. The average Bonchev–Trinajstić information content (AvgIpc) is 3.53. The second-order valence-electron chi connectivity index (χ2n) is 8.68. The Morgan fingerprint density at radius 3 is 2.63 bits per heavy atom. The van der Waals surface area contributed by atoms with Crippen molar-refractivity contribution in [2.75, 3.05) is 18.7 Å². The lowest BCUT2D eigenvalue weighted by Crippen LogP contribution is -2.36. The molecular weight excluding hydrogens is 438 g/mol. The molecule has 0 fully saturated rings. The molecule has 2 amide bonds. The Kier molecular flexibility index (Phi) is 5.47. The minimum Gasteiger partial charge on any atom is -0.454 e. The number of nitrogens with zero attached hydrogens (tertiary/aromatic N) is 1. The van der Waals surface area contributed by atoms with Gasteiger partial charge in [0.1, 0.15) is 0 Å². The summed E-state index contributed by atoms with van der Waals surface area (Å²) in [5.74, 6) is 1.45. The minimum atomic E-state index is -0.140. The molecule has 0 unspecified atom stereocenters. The summed E-state index contributed by atoms with van der Waals surface area (Å²) in [5, 5.41) is 6.44. The molecule has 0 saturated carbocycles. The van der Waals surface area contributed by atoms with Crippen LogP contribution in [0.5, 0.6) is 11.5 Å². The minimum absolute atomic E-state index is 0.140. The number of amides is 2. The van der Waals surface area contributed by atoms with Crippen LogP contribution in [0, 0.1) is 0 Å². The van der Waals surface area contributed by atoms with Gasteiger partial charge in [0.2, 0.25) is 6.79 Å². The Balaban J connectivity index is 1.27. The number of H-pyrrole nitrogens is 1. The van der Waals surface area contributed by atoms with Crippen molar-refractivity contribution in [2.45, 2.75) is 13.0 Å². The highest BCUT2D eigenvalue weighted by Crippen LogP contribution is 2.33. The zero-order valence-electron chi connectivity index (χ0n) is 19.2. The third-order valence-corrected chi connectivity index (χ3v) is 6.45. The maximum absolute atomic E-state index is 13.6. The summed E-state index contributed by atoms with van der Waals surface area (Å²) < 4.78 is 11.0. The van der Waals surface area contributed by atoms with Crippen LogP contribution in [-0.2, 0) is 13.0 Å². The van der Waals surface area contributed by atoms with E-state index < -0.39 is 0 Å². The molecule has 6 nitrogen and oxygen atoms in total. The van der Waals surface area contributed by atoms with E-state index in [1.165, 1.54) is 10.9 Å². The molecule has 0 bridgehead atoms. The van der Waals surface area contributed by atoms with Crippen LogP contribution in [0.25, 0.3) is 21.7 Å². The molecule has 4 aromatic carbocycles. The molecule has 2 heterocycles. The highest BCUT2D eigenvalue weighted by molar-refractivity contribution is 6.01. The van der Waals surface area contributed by atoms with E-state index in [2.05, 4.69) is 22.4 Å². The second-order valence-corrected chi connectivity index (χ2v) is 8.68. The van der Waals surface area contributed by atoms with Crippen molar-refractivity contribution in [3.63, 3.8) is 0 Å². The first-order valence-electron chi connectivity index (χ1n) is 11.7. The van der Waals surface area contributed by atoms with Crippen molar-refractivity contribution in [3.05, 3.63) is 102 Å². The number of urea groups is 1. The van der Waals surface area contributed by atoms with Crippen LogP contribution in [0.1, 0.15) is 11.1 Å². The number of fused-ring (bicyclic) bond motifs is 3. The van der Waals surface area contributed by atoms with E-state index in [0.29, 0.717) is 18.8 Å². The van der Waals surface area contributed by atoms with Gasteiger partial charge >= 0.3 is 6.03 Å². The first-order chi connectivity index (χ1) is 17.2. The van der Waals surface area contributed by atoms with Gasteiger partial charge in [-0.05, 0) is 47.2 Å². The lowest BCUT2D eigenvalue weighted by atomic mass is 10.1. The number of hydrogen-bond donors (Lipinski definition) is 2. The number of hydrogen-bond acceptors (Lipinski definition) is 3. The van der Waals surface area contributed by atoms with Gasteiger partial charge in [-0.15, -0.1) is 0 Å². The van der Waals surface area contributed by atoms with Crippen LogP contribution in [-0.4, -0.2) is 29.3 Å². The Hall–Kier alpha value is -4.45. The van der Waals surface area contributed by atoms with Crippen LogP contribution in [0.15, 0.2) is 91.1 Å². The Bertz CT molecular complexity index is 1520. The number of para-hydroxylation sites is 1. The lowest BCUT2D eigenvalue weighted by molar-refractivity contribution is 0.174. The molecular formula is C29H25N3O3. The Morgan fingerprint density at radius 1 is 0.886 bits per heavy atom. The first-order valence-corrected chi connectivity index (χ1v) is 11.7. The molecule has 2 N–H and O–H groups in total. The number of rotatable bonds is 6. The van der Waals surface area contributed by atoms with Gasteiger partial charge in [0.05, 0.1) is 5.69 Å². The van der Waals surface area contributed by atoms with Crippen LogP contribution in [0.2, 0.25) is 0 Å². The van der Waals surface area contributed by atoms with Gasteiger partial charge in [0.25, 0.3) is 0 Å². The molecule has 1 aromatic heterocycles. The molecule has 0 radical (unpaired) electrons. The smallest absolute Gasteiger partial charge is 0.322 e. The highest BCUT2D eigenvalue weighted by Gasteiger charge is 2.19. The highest BCUT2D eigenvalue weighted by atomic mass is 16.7. The first kappa shape index (κ1) is 21.1. The van der Waals surface area contributed by atoms with Crippen molar-refractivity contribution >= 4 is 33.4 Å². The van der Waals surface area contributed by atoms with Crippen LogP contribution >= 0.6 is 0 Å². The maximum Gasteiger partial charge on any atom is 0.322 e. The van der Waals surface area contributed by atoms with E-state index in [1.807, 2.05) is 83.9 Å². The Labute approximate surface area is 203 Å².